The number of aliphatic hydroxyl groups excluding tert-OH is 1. The highest BCUT2D eigenvalue weighted by molar-refractivity contribution is 5.76. The minimum absolute atomic E-state index is 0.0893. The van der Waals surface area contributed by atoms with Crippen molar-refractivity contribution in [3.05, 3.63) is 29.8 Å². The predicted molar refractivity (Wildman–Crippen MR) is 77.9 cm³/mol. The smallest absolute Gasteiger partial charge is 0.222 e. The number of hydrogen-bond acceptors (Lipinski definition) is 3. The second kappa shape index (κ2) is 7.29. The van der Waals surface area contributed by atoms with Crippen LogP contribution < -0.4 is 4.74 Å². The topological polar surface area (TPSA) is 49.8 Å². The van der Waals surface area contributed by atoms with Crippen LogP contribution in [0.15, 0.2) is 24.3 Å². The molecule has 1 aromatic carbocycles. The predicted octanol–water partition coefficient (Wildman–Crippen LogP) is 2.17. The van der Waals surface area contributed by atoms with E-state index in [9.17, 15) is 4.79 Å². The Balaban J connectivity index is 1.88. The summed E-state index contributed by atoms with van der Waals surface area (Å²) in [7, 11) is 1.68. The van der Waals surface area contributed by atoms with Gasteiger partial charge in [0.15, 0.2) is 0 Å². The highest BCUT2D eigenvalue weighted by Crippen LogP contribution is 2.30. The van der Waals surface area contributed by atoms with Crippen molar-refractivity contribution in [3.63, 3.8) is 0 Å². The van der Waals surface area contributed by atoms with Crippen LogP contribution in [0.3, 0.4) is 0 Å². The van der Waals surface area contributed by atoms with Gasteiger partial charge in [-0.2, -0.15) is 0 Å². The summed E-state index contributed by atoms with van der Waals surface area (Å²) in [6.07, 6.45) is 3.02. The van der Waals surface area contributed by atoms with Crippen molar-refractivity contribution in [2.75, 3.05) is 26.8 Å². The van der Waals surface area contributed by atoms with Crippen LogP contribution in [0.25, 0.3) is 0 Å². The van der Waals surface area contributed by atoms with Crippen LogP contribution in [-0.2, 0) is 4.79 Å². The van der Waals surface area contributed by atoms with Gasteiger partial charge in [0, 0.05) is 26.1 Å². The van der Waals surface area contributed by atoms with Gasteiger partial charge in [-0.3, -0.25) is 4.79 Å². The van der Waals surface area contributed by atoms with Crippen molar-refractivity contribution in [2.24, 2.45) is 0 Å². The minimum atomic E-state index is 0.0893. The molecule has 110 valence electrons. The summed E-state index contributed by atoms with van der Waals surface area (Å²) in [5.41, 5.74) is 1.30. The standard InChI is InChI=1S/C16H23NO3/c1-20-15-5-2-4-14(12-15)13-7-9-17(10-8-13)16(19)6-3-11-18/h2,4-5,12-13,18H,3,6-11H2,1H3. The second-order valence-electron chi connectivity index (χ2n) is 5.26. The molecule has 0 spiro atoms. The second-order valence-corrected chi connectivity index (χ2v) is 5.26. The van der Waals surface area contributed by atoms with Gasteiger partial charge >= 0.3 is 0 Å². The Kier molecular flexibility index (Phi) is 5.41. The van der Waals surface area contributed by atoms with Gasteiger partial charge in [-0.05, 0) is 42.9 Å². The van der Waals surface area contributed by atoms with Crippen LogP contribution in [0, 0.1) is 0 Å². The van der Waals surface area contributed by atoms with Crippen LogP contribution in [0.5, 0.6) is 5.75 Å². The van der Waals surface area contributed by atoms with Gasteiger partial charge in [0.05, 0.1) is 7.11 Å². The Morgan fingerprint density at radius 2 is 2.15 bits per heavy atom. The highest BCUT2D eigenvalue weighted by Gasteiger charge is 2.23. The van der Waals surface area contributed by atoms with E-state index in [1.54, 1.807) is 7.11 Å². The summed E-state index contributed by atoms with van der Waals surface area (Å²) in [5, 5.41) is 8.77. The van der Waals surface area contributed by atoms with E-state index in [2.05, 4.69) is 12.1 Å². The van der Waals surface area contributed by atoms with Crippen LogP contribution in [0.2, 0.25) is 0 Å². The number of nitrogens with zero attached hydrogens (tertiary/aromatic N) is 1. The number of ether oxygens (including phenoxy) is 1. The zero-order chi connectivity index (χ0) is 14.4. The van der Waals surface area contributed by atoms with E-state index < -0.39 is 0 Å². The molecule has 0 saturated carbocycles. The van der Waals surface area contributed by atoms with E-state index in [-0.39, 0.29) is 12.5 Å². The molecule has 0 atom stereocenters. The molecule has 1 aliphatic rings. The molecule has 1 saturated heterocycles. The SMILES string of the molecule is COc1cccc(C2CCN(C(=O)CCCO)CC2)c1. The van der Waals surface area contributed by atoms with E-state index in [1.807, 2.05) is 17.0 Å². The van der Waals surface area contributed by atoms with Crippen molar-refractivity contribution < 1.29 is 14.6 Å². The molecule has 4 nitrogen and oxygen atoms in total. The normalized spacial score (nSPS) is 16.2. The molecule has 1 amide bonds. The molecule has 1 heterocycles. The average molecular weight is 277 g/mol. The molecular formula is C16H23NO3. The van der Waals surface area contributed by atoms with Gasteiger partial charge in [-0.1, -0.05) is 12.1 Å². The van der Waals surface area contributed by atoms with Crippen LogP contribution >= 0.6 is 0 Å². The summed E-state index contributed by atoms with van der Waals surface area (Å²) in [6, 6.07) is 8.20. The zero-order valence-electron chi connectivity index (χ0n) is 12.0. The number of benzene rings is 1. The molecule has 1 N–H and O–H groups in total. The van der Waals surface area contributed by atoms with Gasteiger partial charge in [0.1, 0.15) is 5.75 Å². The van der Waals surface area contributed by atoms with Gasteiger partial charge in [0.2, 0.25) is 5.91 Å². The number of carbonyl (C=O) groups excluding carboxylic acids is 1. The molecule has 0 bridgehead atoms. The average Bonchev–Trinajstić information content (AvgIpc) is 2.52. The number of aliphatic hydroxyl groups is 1. The fraction of sp³-hybridized carbons (Fsp3) is 0.562. The maximum atomic E-state index is 11.9. The summed E-state index contributed by atoms with van der Waals surface area (Å²) >= 11 is 0. The summed E-state index contributed by atoms with van der Waals surface area (Å²) in [5.74, 6) is 1.57. The van der Waals surface area contributed by atoms with Crippen LogP contribution in [0.1, 0.15) is 37.2 Å². The highest BCUT2D eigenvalue weighted by atomic mass is 16.5. The van der Waals surface area contributed by atoms with Crippen molar-refractivity contribution in [1.82, 2.24) is 4.90 Å². The Hall–Kier alpha value is -1.55. The lowest BCUT2D eigenvalue weighted by Gasteiger charge is -2.32. The number of hydrogen-bond donors (Lipinski definition) is 1. The Bertz CT molecular complexity index is 439. The van der Waals surface area contributed by atoms with E-state index >= 15 is 0 Å². The number of piperidine rings is 1. The molecule has 0 radical (unpaired) electrons. The molecule has 0 aliphatic carbocycles. The molecular weight excluding hydrogens is 254 g/mol. The van der Waals surface area contributed by atoms with E-state index in [0.717, 1.165) is 31.7 Å². The van der Waals surface area contributed by atoms with Crippen molar-refractivity contribution in [1.29, 1.82) is 0 Å². The molecule has 2 rings (SSSR count). The first kappa shape index (κ1) is 14.9. The number of amides is 1. The lowest BCUT2D eigenvalue weighted by atomic mass is 9.89. The maximum Gasteiger partial charge on any atom is 0.222 e. The Labute approximate surface area is 120 Å². The lowest BCUT2D eigenvalue weighted by Crippen LogP contribution is -2.37. The zero-order valence-corrected chi connectivity index (χ0v) is 12.0. The van der Waals surface area contributed by atoms with E-state index in [4.69, 9.17) is 9.84 Å². The number of likely N-dealkylation sites (tertiary alicyclic amines) is 1. The molecule has 1 fully saturated rings. The Morgan fingerprint density at radius 1 is 1.40 bits per heavy atom. The molecule has 0 unspecified atom stereocenters. The minimum Gasteiger partial charge on any atom is -0.497 e. The molecule has 0 aromatic heterocycles. The number of methoxy groups -OCH3 is 1. The van der Waals surface area contributed by atoms with Crippen molar-refractivity contribution in [2.45, 2.75) is 31.6 Å². The number of rotatable bonds is 5. The van der Waals surface area contributed by atoms with E-state index in [1.165, 1.54) is 5.56 Å². The van der Waals surface area contributed by atoms with Gasteiger partial charge in [0.25, 0.3) is 0 Å². The van der Waals surface area contributed by atoms with Gasteiger partial charge in [-0.15, -0.1) is 0 Å². The van der Waals surface area contributed by atoms with Crippen LogP contribution in [-0.4, -0.2) is 42.7 Å². The summed E-state index contributed by atoms with van der Waals surface area (Å²) in [6.45, 7) is 1.71. The molecule has 20 heavy (non-hydrogen) atoms. The molecule has 1 aliphatic heterocycles. The van der Waals surface area contributed by atoms with Crippen molar-refractivity contribution in [3.8, 4) is 5.75 Å². The first-order chi connectivity index (χ1) is 9.74. The van der Waals surface area contributed by atoms with Gasteiger partial charge in [-0.25, -0.2) is 0 Å². The maximum absolute atomic E-state index is 11.9. The fourth-order valence-corrected chi connectivity index (χ4v) is 2.75. The monoisotopic (exact) mass is 277 g/mol. The number of carbonyl (C=O) groups is 1. The Morgan fingerprint density at radius 3 is 2.80 bits per heavy atom. The quantitative estimate of drug-likeness (QED) is 0.897. The van der Waals surface area contributed by atoms with E-state index in [0.29, 0.717) is 18.8 Å². The lowest BCUT2D eigenvalue weighted by molar-refractivity contribution is -0.132. The fourth-order valence-electron chi connectivity index (χ4n) is 2.75. The van der Waals surface area contributed by atoms with Crippen molar-refractivity contribution >= 4 is 5.91 Å². The van der Waals surface area contributed by atoms with Gasteiger partial charge < -0.3 is 14.7 Å². The third kappa shape index (κ3) is 3.73. The first-order valence-electron chi connectivity index (χ1n) is 7.27. The van der Waals surface area contributed by atoms with Crippen LogP contribution in [0.4, 0.5) is 0 Å². The molecule has 1 aromatic rings. The largest absolute Gasteiger partial charge is 0.497 e. The summed E-state index contributed by atoms with van der Waals surface area (Å²) < 4.78 is 5.26. The molecule has 4 heteroatoms. The third-order valence-corrected chi connectivity index (χ3v) is 3.96. The summed E-state index contributed by atoms with van der Waals surface area (Å²) in [4.78, 5) is 13.8. The first-order valence-corrected chi connectivity index (χ1v) is 7.27. The third-order valence-electron chi connectivity index (χ3n) is 3.96.